The predicted octanol–water partition coefficient (Wildman–Crippen LogP) is 2.99. The van der Waals surface area contributed by atoms with Crippen molar-refractivity contribution in [1.29, 1.82) is 0 Å². The number of anilines is 2. The van der Waals surface area contributed by atoms with Crippen LogP contribution in [0.3, 0.4) is 0 Å². The molecule has 94 valence electrons. The van der Waals surface area contributed by atoms with E-state index < -0.39 is 0 Å². The summed E-state index contributed by atoms with van der Waals surface area (Å²) in [6.45, 7) is 4.80. The van der Waals surface area contributed by atoms with Crippen LogP contribution < -0.4 is 11.1 Å². The van der Waals surface area contributed by atoms with E-state index in [4.69, 9.17) is 10.5 Å². The average molecular weight is 350 g/mol. The maximum Gasteiger partial charge on any atom is 0.138 e. The van der Waals surface area contributed by atoms with Gasteiger partial charge in [-0.2, -0.15) is 0 Å². The number of ether oxygens (including phenoxy) is 1. The minimum absolute atomic E-state index is 0.0873. The zero-order chi connectivity index (χ0) is 12.6. The zero-order valence-electron chi connectivity index (χ0n) is 9.89. The second kappa shape index (κ2) is 4.61. The molecule has 1 fully saturated rings. The molecule has 17 heavy (non-hydrogen) atoms. The molecule has 1 saturated heterocycles. The number of nitrogen functional groups attached to an aromatic ring is 1. The van der Waals surface area contributed by atoms with Crippen molar-refractivity contribution in [2.75, 3.05) is 17.7 Å². The Kier molecular flexibility index (Phi) is 3.49. The second-order valence-electron chi connectivity index (χ2n) is 4.66. The normalized spacial score (nSPS) is 28.4. The van der Waals surface area contributed by atoms with E-state index in [1.165, 1.54) is 6.07 Å². The number of nitrogens with two attached hydrogens (primary N) is 1. The van der Waals surface area contributed by atoms with Gasteiger partial charge in [-0.05, 0) is 48.9 Å². The van der Waals surface area contributed by atoms with Gasteiger partial charge in [0, 0.05) is 12.7 Å². The van der Waals surface area contributed by atoms with E-state index in [9.17, 15) is 4.39 Å². The van der Waals surface area contributed by atoms with Crippen LogP contribution in [-0.2, 0) is 4.74 Å². The van der Waals surface area contributed by atoms with Crippen LogP contribution in [0.15, 0.2) is 12.1 Å². The highest BCUT2D eigenvalue weighted by Crippen LogP contribution is 2.33. The highest BCUT2D eigenvalue weighted by atomic mass is 127. The summed E-state index contributed by atoms with van der Waals surface area (Å²) >= 11 is 1.93. The Morgan fingerprint density at radius 3 is 2.88 bits per heavy atom. The van der Waals surface area contributed by atoms with E-state index in [0.717, 1.165) is 13.0 Å². The first-order chi connectivity index (χ1) is 7.92. The van der Waals surface area contributed by atoms with Crippen molar-refractivity contribution in [2.45, 2.75) is 31.9 Å². The molecule has 2 unspecified atom stereocenters. The maximum atomic E-state index is 13.5. The highest BCUT2D eigenvalue weighted by Gasteiger charge is 2.37. The molecule has 2 rings (SSSR count). The number of hydrogen-bond donors (Lipinski definition) is 2. The topological polar surface area (TPSA) is 47.3 Å². The van der Waals surface area contributed by atoms with Crippen LogP contribution in [-0.4, -0.2) is 18.2 Å². The van der Waals surface area contributed by atoms with Crippen molar-refractivity contribution in [3.05, 3.63) is 21.5 Å². The van der Waals surface area contributed by atoms with Gasteiger partial charge in [0.15, 0.2) is 0 Å². The fourth-order valence-electron chi connectivity index (χ4n) is 1.98. The molecule has 1 aromatic rings. The summed E-state index contributed by atoms with van der Waals surface area (Å²) in [6.07, 6.45) is 0.977. The third kappa shape index (κ3) is 2.49. The Balaban J connectivity index is 2.27. The summed E-state index contributed by atoms with van der Waals surface area (Å²) < 4.78 is 19.6. The molecule has 0 bridgehead atoms. The number of halogens is 2. The largest absolute Gasteiger partial charge is 0.397 e. The lowest BCUT2D eigenvalue weighted by atomic mass is 9.94. The number of hydrogen-bond acceptors (Lipinski definition) is 3. The van der Waals surface area contributed by atoms with Gasteiger partial charge in [0.05, 0.1) is 26.6 Å². The van der Waals surface area contributed by atoms with E-state index in [1.807, 2.05) is 29.5 Å². The van der Waals surface area contributed by atoms with Crippen molar-refractivity contribution >= 4 is 34.0 Å². The summed E-state index contributed by atoms with van der Waals surface area (Å²) in [4.78, 5) is 0. The van der Waals surface area contributed by atoms with Crippen molar-refractivity contribution < 1.29 is 9.13 Å². The minimum Gasteiger partial charge on any atom is -0.397 e. The third-order valence-corrected chi connectivity index (χ3v) is 4.23. The fourth-order valence-corrected chi connectivity index (χ4v) is 2.47. The molecule has 3 nitrogen and oxygen atoms in total. The molecule has 5 heteroatoms. The Morgan fingerprint density at radius 1 is 1.59 bits per heavy atom. The number of rotatable bonds is 2. The van der Waals surface area contributed by atoms with Gasteiger partial charge in [0.25, 0.3) is 0 Å². The Hall–Kier alpha value is -0.560. The van der Waals surface area contributed by atoms with Crippen LogP contribution >= 0.6 is 22.6 Å². The van der Waals surface area contributed by atoms with E-state index in [1.54, 1.807) is 6.07 Å². The monoisotopic (exact) mass is 350 g/mol. The molecular formula is C12H16FIN2O. The maximum absolute atomic E-state index is 13.5. The van der Waals surface area contributed by atoms with Gasteiger partial charge in [0.1, 0.15) is 5.82 Å². The third-order valence-electron chi connectivity index (χ3n) is 3.40. The highest BCUT2D eigenvalue weighted by molar-refractivity contribution is 14.1. The quantitative estimate of drug-likeness (QED) is 0.637. The standard InChI is InChI=1S/C12H16FIN2O/c1-7-12(2,3-4-17-7)16-11-5-8(13)9(14)6-10(11)15/h5-7,16H,3-4,15H2,1-2H3. The van der Waals surface area contributed by atoms with Crippen LogP contribution in [0.2, 0.25) is 0 Å². The Bertz CT molecular complexity index is 441. The van der Waals surface area contributed by atoms with E-state index in [2.05, 4.69) is 12.2 Å². The molecule has 2 atom stereocenters. The van der Waals surface area contributed by atoms with Crippen molar-refractivity contribution in [3.8, 4) is 0 Å². The number of benzene rings is 1. The Morgan fingerprint density at radius 2 is 2.29 bits per heavy atom. The van der Waals surface area contributed by atoms with Crippen LogP contribution in [0.4, 0.5) is 15.8 Å². The molecule has 0 saturated carbocycles. The van der Waals surface area contributed by atoms with E-state index in [0.29, 0.717) is 14.9 Å². The van der Waals surface area contributed by atoms with Crippen LogP contribution in [0.5, 0.6) is 0 Å². The van der Waals surface area contributed by atoms with Gasteiger partial charge in [-0.3, -0.25) is 0 Å². The molecule has 0 spiro atoms. The predicted molar refractivity (Wildman–Crippen MR) is 75.6 cm³/mol. The first kappa shape index (κ1) is 12.9. The SMILES string of the molecule is CC1OCCC1(C)Nc1cc(F)c(I)cc1N. The summed E-state index contributed by atoms with van der Waals surface area (Å²) in [6, 6.07) is 3.09. The van der Waals surface area contributed by atoms with Gasteiger partial charge in [-0.1, -0.05) is 0 Å². The van der Waals surface area contributed by atoms with Crippen molar-refractivity contribution in [1.82, 2.24) is 0 Å². The van der Waals surface area contributed by atoms with Crippen LogP contribution in [0, 0.1) is 9.39 Å². The lowest BCUT2D eigenvalue weighted by Gasteiger charge is -2.30. The van der Waals surface area contributed by atoms with Gasteiger partial charge < -0.3 is 15.8 Å². The number of nitrogens with one attached hydrogen (secondary N) is 1. The van der Waals surface area contributed by atoms with Crippen molar-refractivity contribution in [3.63, 3.8) is 0 Å². The van der Waals surface area contributed by atoms with Crippen molar-refractivity contribution in [2.24, 2.45) is 0 Å². The fraction of sp³-hybridized carbons (Fsp3) is 0.500. The molecule has 0 aliphatic carbocycles. The van der Waals surface area contributed by atoms with Gasteiger partial charge in [-0.15, -0.1) is 0 Å². The Labute approximate surface area is 114 Å². The summed E-state index contributed by atoms with van der Waals surface area (Å²) in [5.74, 6) is -0.252. The van der Waals surface area contributed by atoms with E-state index >= 15 is 0 Å². The van der Waals surface area contributed by atoms with Gasteiger partial charge >= 0.3 is 0 Å². The van der Waals surface area contributed by atoms with E-state index in [-0.39, 0.29) is 17.5 Å². The van der Waals surface area contributed by atoms with Gasteiger partial charge in [0.2, 0.25) is 0 Å². The van der Waals surface area contributed by atoms with Gasteiger partial charge in [-0.25, -0.2) is 4.39 Å². The lowest BCUT2D eigenvalue weighted by molar-refractivity contribution is 0.105. The molecule has 3 N–H and O–H groups in total. The average Bonchev–Trinajstić information content (AvgIpc) is 2.56. The first-order valence-electron chi connectivity index (χ1n) is 5.57. The molecular weight excluding hydrogens is 334 g/mol. The molecule has 1 aliphatic rings. The summed E-state index contributed by atoms with van der Waals surface area (Å²) in [5, 5.41) is 3.31. The summed E-state index contributed by atoms with van der Waals surface area (Å²) in [5.41, 5.74) is 6.92. The molecule has 1 aromatic carbocycles. The molecule has 0 radical (unpaired) electrons. The molecule has 0 amide bonds. The lowest BCUT2D eigenvalue weighted by Crippen LogP contribution is -2.41. The zero-order valence-corrected chi connectivity index (χ0v) is 12.0. The molecule has 1 aliphatic heterocycles. The first-order valence-corrected chi connectivity index (χ1v) is 6.64. The summed E-state index contributed by atoms with van der Waals surface area (Å²) in [7, 11) is 0. The molecule has 1 heterocycles. The smallest absolute Gasteiger partial charge is 0.138 e. The van der Waals surface area contributed by atoms with Crippen LogP contribution in [0.25, 0.3) is 0 Å². The molecule has 0 aromatic heterocycles. The minimum atomic E-state index is -0.252. The second-order valence-corrected chi connectivity index (χ2v) is 5.82. The van der Waals surface area contributed by atoms with Crippen LogP contribution in [0.1, 0.15) is 20.3 Å².